The molecule has 1 aromatic carbocycles. The van der Waals surface area contributed by atoms with Gasteiger partial charge in [0.15, 0.2) is 0 Å². The number of aryl methyl sites for hydroxylation is 1. The third-order valence-electron chi connectivity index (χ3n) is 4.50. The SMILES string of the molecule is Cc1sc(=O)n(CC(=O)N2CCNCC2c2ccccc2Cl)c1C. The molecule has 0 spiro atoms. The molecule has 0 aliphatic carbocycles. The van der Waals surface area contributed by atoms with E-state index in [0.717, 1.165) is 22.7 Å². The van der Waals surface area contributed by atoms with Gasteiger partial charge in [-0.1, -0.05) is 41.1 Å². The number of benzene rings is 1. The van der Waals surface area contributed by atoms with Crippen molar-refractivity contribution in [1.29, 1.82) is 0 Å². The predicted molar refractivity (Wildman–Crippen MR) is 96.8 cm³/mol. The highest BCUT2D eigenvalue weighted by atomic mass is 35.5. The van der Waals surface area contributed by atoms with Crippen molar-refractivity contribution in [2.24, 2.45) is 0 Å². The molecule has 1 unspecified atom stereocenters. The van der Waals surface area contributed by atoms with Gasteiger partial charge in [0.1, 0.15) is 6.54 Å². The number of amides is 1. The quantitative estimate of drug-likeness (QED) is 0.908. The molecule has 1 aliphatic rings. The highest BCUT2D eigenvalue weighted by Gasteiger charge is 2.29. The summed E-state index contributed by atoms with van der Waals surface area (Å²) < 4.78 is 1.56. The molecule has 1 aromatic heterocycles. The van der Waals surface area contributed by atoms with Gasteiger partial charge in [0.2, 0.25) is 5.91 Å². The zero-order valence-corrected chi connectivity index (χ0v) is 15.3. The first-order valence-corrected chi connectivity index (χ1v) is 9.10. The molecule has 2 heterocycles. The van der Waals surface area contributed by atoms with Crippen molar-refractivity contribution < 1.29 is 4.79 Å². The molecular formula is C17H20ClN3O2S. The number of halogens is 1. The minimum absolute atomic E-state index is 0.0515. The number of nitrogens with zero attached hydrogens (tertiary/aromatic N) is 2. The molecule has 1 amide bonds. The minimum Gasteiger partial charge on any atom is -0.331 e. The van der Waals surface area contributed by atoms with Crippen LogP contribution in [0.2, 0.25) is 5.02 Å². The molecular weight excluding hydrogens is 346 g/mol. The van der Waals surface area contributed by atoms with Gasteiger partial charge >= 0.3 is 4.87 Å². The summed E-state index contributed by atoms with van der Waals surface area (Å²) in [6.07, 6.45) is 0. The largest absolute Gasteiger partial charge is 0.331 e. The molecule has 0 saturated carbocycles. The van der Waals surface area contributed by atoms with Crippen LogP contribution in [-0.2, 0) is 11.3 Å². The monoisotopic (exact) mass is 365 g/mol. The number of hydrogen-bond acceptors (Lipinski definition) is 4. The Morgan fingerprint density at radius 2 is 2.12 bits per heavy atom. The Balaban J connectivity index is 1.87. The molecule has 128 valence electrons. The summed E-state index contributed by atoms with van der Waals surface area (Å²) in [6.45, 7) is 5.86. The second kappa shape index (κ2) is 7.09. The normalized spacial score (nSPS) is 18.0. The van der Waals surface area contributed by atoms with E-state index in [4.69, 9.17) is 11.6 Å². The second-order valence-corrected chi connectivity index (χ2v) is 7.50. The molecule has 1 atom stereocenters. The van der Waals surface area contributed by atoms with Crippen molar-refractivity contribution in [2.75, 3.05) is 19.6 Å². The Morgan fingerprint density at radius 1 is 1.38 bits per heavy atom. The number of nitrogens with one attached hydrogen (secondary N) is 1. The van der Waals surface area contributed by atoms with Gasteiger partial charge in [-0.05, 0) is 25.5 Å². The molecule has 1 saturated heterocycles. The van der Waals surface area contributed by atoms with E-state index in [0.29, 0.717) is 18.1 Å². The first kappa shape index (κ1) is 17.2. The summed E-state index contributed by atoms with van der Waals surface area (Å²) in [5.74, 6) is -0.0515. The standard InChI is InChI=1S/C17H20ClN3O2S/c1-11-12(2)24-17(23)21(11)10-16(22)20-8-7-19-9-15(20)13-5-3-4-6-14(13)18/h3-6,15,19H,7-10H2,1-2H3. The molecule has 1 aliphatic heterocycles. The van der Waals surface area contributed by atoms with Gasteiger partial charge in [0.05, 0.1) is 6.04 Å². The van der Waals surface area contributed by atoms with Gasteiger partial charge in [-0.2, -0.15) is 0 Å². The number of aromatic nitrogens is 1. The number of piperazine rings is 1. The maximum Gasteiger partial charge on any atom is 0.308 e. The Morgan fingerprint density at radius 3 is 2.79 bits per heavy atom. The maximum atomic E-state index is 12.9. The van der Waals surface area contributed by atoms with Crippen LogP contribution in [0.25, 0.3) is 0 Å². The van der Waals surface area contributed by atoms with Crippen LogP contribution in [0.1, 0.15) is 22.2 Å². The second-order valence-electron chi connectivity index (χ2n) is 5.92. The van der Waals surface area contributed by atoms with Gasteiger partial charge in [-0.25, -0.2) is 0 Å². The summed E-state index contributed by atoms with van der Waals surface area (Å²) in [7, 11) is 0. The van der Waals surface area contributed by atoms with E-state index in [1.165, 1.54) is 11.3 Å². The van der Waals surface area contributed by atoms with Crippen LogP contribution in [0, 0.1) is 13.8 Å². The third-order valence-corrected chi connectivity index (χ3v) is 5.84. The van der Waals surface area contributed by atoms with Gasteiger partial charge in [-0.3, -0.25) is 14.2 Å². The molecule has 0 radical (unpaired) electrons. The Hall–Kier alpha value is -1.63. The lowest BCUT2D eigenvalue weighted by atomic mass is 10.0. The first-order valence-electron chi connectivity index (χ1n) is 7.90. The summed E-state index contributed by atoms with van der Waals surface area (Å²) in [5.41, 5.74) is 1.80. The smallest absolute Gasteiger partial charge is 0.308 e. The van der Waals surface area contributed by atoms with Crippen LogP contribution in [0.5, 0.6) is 0 Å². The zero-order valence-electron chi connectivity index (χ0n) is 13.7. The van der Waals surface area contributed by atoms with E-state index in [9.17, 15) is 9.59 Å². The van der Waals surface area contributed by atoms with Crippen molar-refractivity contribution in [3.63, 3.8) is 0 Å². The molecule has 7 heteroatoms. The number of hydrogen-bond donors (Lipinski definition) is 1. The van der Waals surface area contributed by atoms with Crippen LogP contribution in [0.4, 0.5) is 0 Å². The molecule has 24 heavy (non-hydrogen) atoms. The van der Waals surface area contributed by atoms with Crippen molar-refractivity contribution in [3.8, 4) is 0 Å². The van der Waals surface area contributed by atoms with E-state index in [1.807, 2.05) is 43.0 Å². The summed E-state index contributed by atoms with van der Waals surface area (Å²) >= 11 is 7.51. The zero-order chi connectivity index (χ0) is 17.3. The van der Waals surface area contributed by atoms with E-state index < -0.39 is 0 Å². The summed E-state index contributed by atoms with van der Waals surface area (Å²) in [6, 6.07) is 7.48. The fraction of sp³-hybridized carbons (Fsp3) is 0.412. The van der Waals surface area contributed by atoms with Crippen LogP contribution >= 0.6 is 22.9 Å². The van der Waals surface area contributed by atoms with Crippen molar-refractivity contribution in [1.82, 2.24) is 14.8 Å². The van der Waals surface area contributed by atoms with Gasteiger partial charge < -0.3 is 10.2 Å². The lowest BCUT2D eigenvalue weighted by molar-refractivity contribution is -0.135. The topological polar surface area (TPSA) is 54.3 Å². The number of thiazole rings is 1. The Bertz CT molecular complexity index is 814. The Labute approximate surface area is 149 Å². The highest BCUT2D eigenvalue weighted by molar-refractivity contribution is 7.09. The average Bonchev–Trinajstić information content (AvgIpc) is 2.81. The fourth-order valence-corrected chi connectivity index (χ4v) is 4.12. The third kappa shape index (κ3) is 3.27. The van der Waals surface area contributed by atoms with Crippen molar-refractivity contribution in [2.45, 2.75) is 26.4 Å². The van der Waals surface area contributed by atoms with E-state index >= 15 is 0 Å². The van der Waals surface area contributed by atoms with E-state index in [-0.39, 0.29) is 23.4 Å². The van der Waals surface area contributed by atoms with Crippen molar-refractivity contribution in [3.05, 3.63) is 55.1 Å². The molecule has 3 rings (SSSR count). The number of carbonyl (C=O) groups is 1. The van der Waals surface area contributed by atoms with Gasteiger partial charge in [0.25, 0.3) is 0 Å². The summed E-state index contributed by atoms with van der Waals surface area (Å²) in [5, 5.41) is 3.97. The van der Waals surface area contributed by atoms with Crippen molar-refractivity contribution >= 4 is 28.8 Å². The molecule has 2 aromatic rings. The van der Waals surface area contributed by atoms with Crippen LogP contribution < -0.4 is 10.2 Å². The van der Waals surface area contributed by atoms with Crippen LogP contribution in [-0.4, -0.2) is 35.0 Å². The molecule has 1 N–H and O–H groups in total. The van der Waals surface area contributed by atoms with E-state index in [1.54, 1.807) is 4.57 Å². The minimum atomic E-state index is -0.115. The number of carbonyl (C=O) groups excluding carboxylic acids is 1. The molecule has 1 fully saturated rings. The van der Waals surface area contributed by atoms with Crippen LogP contribution in [0.3, 0.4) is 0 Å². The molecule has 0 bridgehead atoms. The molecule has 5 nitrogen and oxygen atoms in total. The maximum absolute atomic E-state index is 12.9. The predicted octanol–water partition coefficient (Wildman–Crippen LogP) is 2.35. The highest BCUT2D eigenvalue weighted by Crippen LogP contribution is 2.28. The summed E-state index contributed by atoms with van der Waals surface area (Å²) in [4.78, 5) is 27.6. The van der Waals surface area contributed by atoms with Crippen LogP contribution in [0.15, 0.2) is 29.1 Å². The Kier molecular flexibility index (Phi) is 5.08. The van der Waals surface area contributed by atoms with Gasteiger partial charge in [0, 0.05) is 35.2 Å². The number of rotatable bonds is 3. The van der Waals surface area contributed by atoms with E-state index in [2.05, 4.69) is 5.32 Å². The van der Waals surface area contributed by atoms with Gasteiger partial charge in [-0.15, -0.1) is 0 Å². The average molecular weight is 366 g/mol. The first-order chi connectivity index (χ1) is 11.5. The lowest BCUT2D eigenvalue weighted by Crippen LogP contribution is -2.50. The fourth-order valence-electron chi connectivity index (χ4n) is 3.02. The lowest BCUT2D eigenvalue weighted by Gasteiger charge is -2.37.